The average Bonchev–Trinajstić information content (AvgIpc) is 3.05. The molecule has 0 aliphatic carbocycles. The maximum atomic E-state index is 5.10. The number of fused-ring (bicyclic) bond motifs is 2. The van der Waals surface area contributed by atoms with Gasteiger partial charge in [-0.05, 0) is 44.5 Å². The normalized spacial score (nSPS) is 18.8. The number of aliphatic imine (C=N–C) groups is 1. The van der Waals surface area contributed by atoms with Crippen molar-refractivity contribution in [1.29, 1.82) is 0 Å². The van der Waals surface area contributed by atoms with Crippen LogP contribution in [0.25, 0.3) is 0 Å². The van der Waals surface area contributed by atoms with E-state index in [1.807, 2.05) is 6.07 Å². The van der Waals surface area contributed by atoms with Crippen LogP contribution in [0.1, 0.15) is 22.7 Å². The van der Waals surface area contributed by atoms with Gasteiger partial charge >= 0.3 is 0 Å². The number of hydrogen-bond donors (Lipinski definition) is 1. The Bertz CT molecular complexity index is 1060. The summed E-state index contributed by atoms with van der Waals surface area (Å²) < 4.78 is 0. The first kappa shape index (κ1) is 19.3. The number of piperazine rings is 1. The molecule has 1 N–H and O–H groups in total. The van der Waals surface area contributed by atoms with Crippen molar-refractivity contribution in [2.75, 3.05) is 32.0 Å². The topological polar surface area (TPSA) is 43.8 Å². The van der Waals surface area contributed by atoms with E-state index in [9.17, 15) is 0 Å². The Balaban J connectivity index is 1.42. The van der Waals surface area contributed by atoms with Gasteiger partial charge < -0.3 is 10.2 Å². The number of hydrogen-bond acceptors (Lipinski definition) is 6. The number of aromatic nitrogens is 1. The van der Waals surface area contributed by atoms with Crippen molar-refractivity contribution in [2.24, 2.45) is 4.99 Å². The molecule has 2 aliphatic rings. The summed E-state index contributed by atoms with van der Waals surface area (Å²) in [5.74, 6) is 1.00. The molecular weight excluding hydrogens is 390 g/mol. The van der Waals surface area contributed by atoms with Crippen molar-refractivity contribution in [1.82, 2.24) is 14.8 Å². The summed E-state index contributed by atoms with van der Waals surface area (Å²) in [6, 6.07) is 19.6. The first-order chi connectivity index (χ1) is 14.7. The standard InChI is InChI=1S/C24H27N5S/c1-17-25-22-23(26-20-10-6-7-11-21(20)27-24(22)30-17)29-15-14-28(2)19(16-29)13-12-18-8-4-3-5-9-18/h3-11,19,27H,12-16H2,1-2H3/t19-/m0/s1. The van der Waals surface area contributed by atoms with Gasteiger partial charge in [0.1, 0.15) is 10.7 Å². The second-order valence-electron chi connectivity index (χ2n) is 8.09. The van der Waals surface area contributed by atoms with E-state index in [0.717, 1.165) is 65.4 Å². The number of thiazole rings is 1. The Morgan fingerprint density at radius 3 is 2.73 bits per heavy atom. The lowest BCUT2D eigenvalue weighted by Gasteiger charge is -2.40. The van der Waals surface area contributed by atoms with Gasteiger partial charge in [-0.3, -0.25) is 4.90 Å². The van der Waals surface area contributed by atoms with E-state index in [1.54, 1.807) is 11.3 Å². The van der Waals surface area contributed by atoms with Crippen LogP contribution < -0.4 is 5.32 Å². The summed E-state index contributed by atoms with van der Waals surface area (Å²) in [6.45, 7) is 5.04. The van der Waals surface area contributed by atoms with Crippen LogP contribution in [0.2, 0.25) is 0 Å². The summed E-state index contributed by atoms with van der Waals surface area (Å²) in [6.07, 6.45) is 2.24. The fraction of sp³-hybridized carbons (Fsp3) is 0.333. The van der Waals surface area contributed by atoms with Crippen LogP contribution in [0, 0.1) is 6.92 Å². The minimum atomic E-state index is 0.497. The molecule has 2 aliphatic heterocycles. The maximum Gasteiger partial charge on any atom is 0.158 e. The highest BCUT2D eigenvalue weighted by atomic mass is 32.1. The lowest BCUT2D eigenvalue weighted by molar-refractivity contribution is 0.134. The molecule has 1 fully saturated rings. The molecule has 0 amide bonds. The largest absolute Gasteiger partial charge is 0.352 e. The van der Waals surface area contributed by atoms with Crippen LogP contribution in [-0.2, 0) is 6.42 Å². The van der Waals surface area contributed by atoms with Gasteiger partial charge in [-0.1, -0.05) is 42.5 Å². The maximum absolute atomic E-state index is 5.10. The monoisotopic (exact) mass is 417 g/mol. The lowest BCUT2D eigenvalue weighted by Crippen LogP contribution is -2.53. The SMILES string of the molecule is Cc1nc2c(s1)Nc1ccccc1N=C2N1CCN(C)[C@@H](CCc2ccccc2)C1. The fourth-order valence-electron chi connectivity index (χ4n) is 4.28. The number of aryl methyl sites for hydroxylation is 2. The summed E-state index contributed by atoms with van der Waals surface area (Å²) in [5, 5.41) is 5.72. The highest BCUT2D eigenvalue weighted by molar-refractivity contribution is 7.16. The number of benzene rings is 2. The Morgan fingerprint density at radius 1 is 1.07 bits per heavy atom. The number of nitrogens with zero attached hydrogens (tertiary/aromatic N) is 4. The zero-order valence-electron chi connectivity index (χ0n) is 17.5. The summed E-state index contributed by atoms with van der Waals surface area (Å²) >= 11 is 1.70. The molecule has 0 radical (unpaired) electrons. The van der Waals surface area contributed by atoms with Crippen molar-refractivity contribution < 1.29 is 0 Å². The first-order valence-electron chi connectivity index (χ1n) is 10.6. The predicted octanol–water partition coefficient (Wildman–Crippen LogP) is 4.84. The molecule has 1 atom stereocenters. The number of amidine groups is 1. The molecule has 6 heteroatoms. The minimum Gasteiger partial charge on any atom is -0.352 e. The molecule has 1 aromatic heterocycles. The quantitative estimate of drug-likeness (QED) is 0.663. The van der Waals surface area contributed by atoms with Gasteiger partial charge in [0.05, 0.1) is 16.4 Å². The molecule has 2 aromatic carbocycles. The molecule has 3 heterocycles. The minimum absolute atomic E-state index is 0.497. The van der Waals surface area contributed by atoms with Gasteiger partial charge in [0.25, 0.3) is 0 Å². The lowest BCUT2D eigenvalue weighted by atomic mass is 10.0. The Labute approximate surface area is 182 Å². The highest BCUT2D eigenvalue weighted by Gasteiger charge is 2.30. The van der Waals surface area contributed by atoms with Crippen molar-refractivity contribution in [3.63, 3.8) is 0 Å². The zero-order valence-corrected chi connectivity index (χ0v) is 18.3. The molecule has 3 aromatic rings. The van der Waals surface area contributed by atoms with E-state index in [4.69, 9.17) is 9.98 Å². The van der Waals surface area contributed by atoms with Gasteiger partial charge in [0.15, 0.2) is 5.84 Å². The van der Waals surface area contributed by atoms with E-state index in [1.165, 1.54) is 5.56 Å². The van der Waals surface area contributed by atoms with E-state index >= 15 is 0 Å². The summed E-state index contributed by atoms with van der Waals surface area (Å²) in [4.78, 5) is 14.9. The Hall–Kier alpha value is -2.70. The molecule has 1 saturated heterocycles. The summed E-state index contributed by atoms with van der Waals surface area (Å²) in [7, 11) is 2.25. The molecule has 0 bridgehead atoms. The molecule has 0 spiro atoms. The van der Waals surface area contributed by atoms with Gasteiger partial charge in [0, 0.05) is 25.7 Å². The third-order valence-corrected chi connectivity index (χ3v) is 6.90. The smallest absolute Gasteiger partial charge is 0.158 e. The van der Waals surface area contributed by atoms with Crippen LogP contribution in [-0.4, -0.2) is 53.3 Å². The summed E-state index contributed by atoms with van der Waals surface area (Å²) in [5.41, 5.74) is 4.42. The highest BCUT2D eigenvalue weighted by Crippen LogP contribution is 2.37. The second-order valence-corrected chi connectivity index (χ2v) is 9.30. The fourth-order valence-corrected chi connectivity index (χ4v) is 5.11. The average molecular weight is 418 g/mol. The van der Waals surface area contributed by atoms with Gasteiger partial charge in [0.2, 0.25) is 0 Å². The van der Waals surface area contributed by atoms with Crippen LogP contribution in [0.15, 0.2) is 59.6 Å². The van der Waals surface area contributed by atoms with Crippen molar-refractivity contribution in [3.05, 3.63) is 70.9 Å². The Kier molecular flexibility index (Phi) is 5.27. The number of likely N-dealkylation sites (N-methyl/N-ethyl adjacent to an activating group) is 1. The number of anilines is 2. The zero-order chi connectivity index (χ0) is 20.5. The van der Waals surface area contributed by atoms with Crippen LogP contribution in [0.3, 0.4) is 0 Å². The molecule has 0 saturated carbocycles. The Morgan fingerprint density at radius 2 is 1.87 bits per heavy atom. The molecule has 0 unspecified atom stereocenters. The van der Waals surface area contributed by atoms with Gasteiger partial charge in [-0.15, -0.1) is 11.3 Å². The van der Waals surface area contributed by atoms with Crippen LogP contribution in [0.4, 0.5) is 16.4 Å². The number of rotatable bonds is 3. The second kappa shape index (κ2) is 8.20. The molecular formula is C24H27N5S. The third-order valence-electron chi connectivity index (χ3n) is 6.01. The van der Waals surface area contributed by atoms with E-state index in [-0.39, 0.29) is 0 Å². The molecule has 154 valence electrons. The third kappa shape index (κ3) is 3.85. The van der Waals surface area contributed by atoms with Crippen molar-refractivity contribution in [3.8, 4) is 0 Å². The molecule has 5 rings (SSSR count). The van der Waals surface area contributed by atoms with E-state index < -0.39 is 0 Å². The van der Waals surface area contributed by atoms with E-state index in [2.05, 4.69) is 77.6 Å². The first-order valence-corrected chi connectivity index (χ1v) is 11.4. The molecule has 5 nitrogen and oxygen atoms in total. The molecule has 30 heavy (non-hydrogen) atoms. The van der Waals surface area contributed by atoms with Crippen LogP contribution >= 0.6 is 11.3 Å². The number of nitrogens with one attached hydrogen (secondary N) is 1. The van der Waals surface area contributed by atoms with E-state index in [0.29, 0.717) is 6.04 Å². The number of para-hydroxylation sites is 2. The van der Waals surface area contributed by atoms with Crippen LogP contribution in [0.5, 0.6) is 0 Å². The van der Waals surface area contributed by atoms with Gasteiger partial charge in [-0.2, -0.15) is 0 Å². The predicted molar refractivity (Wildman–Crippen MR) is 126 cm³/mol. The van der Waals surface area contributed by atoms with Gasteiger partial charge in [-0.25, -0.2) is 9.98 Å². The van der Waals surface area contributed by atoms with Crippen molar-refractivity contribution in [2.45, 2.75) is 25.8 Å². The van der Waals surface area contributed by atoms with Crippen molar-refractivity contribution >= 4 is 33.5 Å².